The average Bonchev–Trinajstić information content (AvgIpc) is 3.05. The Bertz CT molecular complexity index is 1320. The minimum absolute atomic E-state index is 0.343. The monoisotopic (exact) mass is 487 g/mol. The molecule has 0 spiro atoms. The molecule has 3 aromatic rings. The highest BCUT2D eigenvalue weighted by atomic mass is 79.9. The van der Waals surface area contributed by atoms with E-state index in [2.05, 4.69) is 15.9 Å². The largest absolute Gasteiger partial charge is 0.480 e. The predicted octanol–water partition coefficient (Wildman–Crippen LogP) is 4.39. The SMILES string of the molecule is Cc1ccc(N2C(=O)[C@H]3C4c5ccccc5C(C(=O)O)(c5ccccc54)[C@H]3C2=O)c(Br)c1. The van der Waals surface area contributed by atoms with E-state index >= 15 is 0 Å². The van der Waals surface area contributed by atoms with Gasteiger partial charge in [-0.05, 0) is 62.8 Å². The number of aliphatic carboxylic acids is 1. The Balaban J connectivity index is 1.67. The van der Waals surface area contributed by atoms with Crippen molar-refractivity contribution >= 4 is 39.4 Å². The van der Waals surface area contributed by atoms with Gasteiger partial charge in [-0.1, -0.05) is 54.6 Å². The zero-order valence-electron chi connectivity index (χ0n) is 17.1. The lowest BCUT2D eigenvalue weighted by molar-refractivity contribution is -0.149. The van der Waals surface area contributed by atoms with Crippen LogP contribution in [-0.4, -0.2) is 22.9 Å². The molecule has 3 aromatic carbocycles. The maximum Gasteiger partial charge on any atom is 0.319 e. The van der Waals surface area contributed by atoms with Crippen molar-refractivity contribution in [3.05, 3.63) is 99.0 Å². The average molecular weight is 488 g/mol. The molecule has 0 aromatic heterocycles. The first-order valence-corrected chi connectivity index (χ1v) is 11.2. The Kier molecular flexibility index (Phi) is 3.88. The fraction of sp³-hybridized carbons (Fsp3) is 0.192. The molecular weight excluding hydrogens is 470 g/mol. The second-order valence-electron chi connectivity index (χ2n) is 8.74. The predicted molar refractivity (Wildman–Crippen MR) is 121 cm³/mol. The first kappa shape index (κ1) is 19.4. The third kappa shape index (κ3) is 2.11. The van der Waals surface area contributed by atoms with E-state index in [1.54, 1.807) is 30.3 Å². The fourth-order valence-electron chi connectivity index (χ4n) is 6.17. The molecule has 2 amide bonds. The van der Waals surface area contributed by atoms with E-state index in [0.29, 0.717) is 21.3 Å². The topological polar surface area (TPSA) is 74.7 Å². The van der Waals surface area contributed by atoms with Crippen LogP contribution in [-0.2, 0) is 19.8 Å². The summed E-state index contributed by atoms with van der Waals surface area (Å²) in [7, 11) is 0. The van der Waals surface area contributed by atoms with Crippen molar-refractivity contribution in [3.8, 4) is 0 Å². The van der Waals surface area contributed by atoms with Crippen LogP contribution < -0.4 is 4.90 Å². The van der Waals surface area contributed by atoms with E-state index in [-0.39, 0.29) is 11.8 Å². The van der Waals surface area contributed by atoms with Gasteiger partial charge in [0.15, 0.2) is 0 Å². The number of hydrogen-bond donors (Lipinski definition) is 1. The van der Waals surface area contributed by atoms with Crippen LogP contribution in [0.15, 0.2) is 71.2 Å². The lowest BCUT2D eigenvalue weighted by atomic mass is 9.47. The molecule has 2 bridgehead atoms. The number of imide groups is 1. The molecule has 0 radical (unpaired) electrons. The summed E-state index contributed by atoms with van der Waals surface area (Å²) >= 11 is 3.49. The molecule has 0 saturated carbocycles. The van der Waals surface area contributed by atoms with Crippen LogP contribution in [0.4, 0.5) is 5.69 Å². The molecule has 0 unspecified atom stereocenters. The van der Waals surface area contributed by atoms with Crippen LogP contribution in [0, 0.1) is 18.8 Å². The Morgan fingerprint density at radius 1 is 0.938 bits per heavy atom. The number of hydrogen-bond acceptors (Lipinski definition) is 3. The normalized spacial score (nSPS) is 27.2. The number of carboxylic acid groups (broad SMARTS) is 1. The summed E-state index contributed by atoms with van der Waals surface area (Å²) in [5, 5.41) is 10.7. The first-order valence-electron chi connectivity index (χ1n) is 10.4. The van der Waals surface area contributed by atoms with Gasteiger partial charge < -0.3 is 5.11 Å². The van der Waals surface area contributed by atoms with Gasteiger partial charge in [-0.3, -0.25) is 14.4 Å². The number of halogens is 1. The molecular formula is C26H18BrNO4. The van der Waals surface area contributed by atoms with Crippen molar-refractivity contribution in [2.75, 3.05) is 4.90 Å². The van der Waals surface area contributed by atoms with E-state index in [1.165, 1.54) is 4.90 Å². The number of rotatable bonds is 2. The second kappa shape index (κ2) is 6.39. The summed E-state index contributed by atoms with van der Waals surface area (Å²) < 4.78 is 0.629. The van der Waals surface area contributed by atoms with Crippen molar-refractivity contribution < 1.29 is 19.5 Å². The van der Waals surface area contributed by atoms with E-state index in [0.717, 1.165) is 16.7 Å². The van der Waals surface area contributed by atoms with Gasteiger partial charge in [0.1, 0.15) is 5.41 Å². The number of benzene rings is 3. The molecule has 1 aliphatic heterocycles. The molecule has 1 fully saturated rings. The first-order chi connectivity index (χ1) is 15.4. The summed E-state index contributed by atoms with van der Waals surface area (Å²) in [6.07, 6.45) is 0. The van der Waals surface area contributed by atoms with Crippen molar-refractivity contribution in [2.24, 2.45) is 11.8 Å². The van der Waals surface area contributed by atoms with Crippen molar-refractivity contribution in [3.63, 3.8) is 0 Å². The minimum atomic E-state index is -1.61. The number of anilines is 1. The van der Waals surface area contributed by atoms with Crippen molar-refractivity contribution in [2.45, 2.75) is 18.3 Å². The van der Waals surface area contributed by atoms with Crippen LogP contribution in [0.25, 0.3) is 0 Å². The number of aryl methyl sites for hydroxylation is 1. The Hall–Kier alpha value is -3.25. The summed E-state index contributed by atoms with van der Waals surface area (Å²) in [5.74, 6) is -4.03. The molecule has 3 aliphatic carbocycles. The number of carbonyl (C=O) groups is 3. The van der Waals surface area contributed by atoms with Crippen molar-refractivity contribution in [1.82, 2.24) is 0 Å². The minimum Gasteiger partial charge on any atom is -0.480 e. The highest BCUT2D eigenvalue weighted by molar-refractivity contribution is 9.10. The van der Waals surface area contributed by atoms with Gasteiger partial charge in [0.2, 0.25) is 11.8 Å². The molecule has 158 valence electrons. The van der Waals surface area contributed by atoms with Gasteiger partial charge in [-0.25, -0.2) is 4.90 Å². The zero-order valence-corrected chi connectivity index (χ0v) is 18.7. The number of nitrogens with zero attached hydrogens (tertiary/aromatic N) is 1. The maximum atomic E-state index is 13.9. The van der Waals surface area contributed by atoms with E-state index < -0.39 is 29.1 Å². The lowest BCUT2D eigenvalue weighted by Gasteiger charge is -2.51. The molecule has 2 atom stereocenters. The third-order valence-electron chi connectivity index (χ3n) is 7.30. The van der Waals surface area contributed by atoms with Gasteiger partial charge in [0.05, 0.1) is 17.5 Å². The summed E-state index contributed by atoms with van der Waals surface area (Å²) in [6, 6.07) is 20.1. The Labute approximate surface area is 192 Å². The molecule has 6 heteroatoms. The van der Waals surface area contributed by atoms with Gasteiger partial charge in [-0.2, -0.15) is 0 Å². The van der Waals surface area contributed by atoms with Crippen LogP contribution in [0.2, 0.25) is 0 Å². The van der Waals surface area contributed by atoms with E-state index in [1.807, 2.05) is 43.3 Å². The number of carboxylic acids is 1. The van der Waals surface area contributed by atoms with E-state index in [9.17, 15) is 19.5 Å². The molecule has 7 rings (SSSR count). The highest BCUT2D eigenvalue weighted by Gasteiger charge is 2.71. The maximum absolute atomic E-state index is 13.9. The molecule has 1 N–H and O–H groups in total. The summed E-state index contributed by atoms with van der Waals surface area (Å²) in [4.78, 5) is 42.1. The van der Waals surface area contributed by atoms with Gasteiger partial charge in [-0.15, -0.1) is 0 Å². The highest BCUT2D eigenvalue weighted by Crippen LogP contribution is 2.64. The van der Waals surface area contributed by atoms with Crippen LogP contribution in [0.3, 0.4) is 0 Å². The Morgan fingerprint density at radius 2 is 1.53 bits per heavy atom. The molecule has 1 heterocycles. The van der Waals surface area contributed by atoms with Crippen LogP contribution in [0.1, 0.15) is 33.7 Å². The lowest BCUT2D eigenvalue weighted by Crippen LogP contribution is -2.57. The smallest absolute Gasteiger partial charge is 0.319 e. The van der Waals surface area contributed by atoms with Crippen molar-refractivity contribution in [1.29, 1.82) is 0 Å². The van der Waals surface area contributed by atoms with Gasteiger partial charge in [0.25, 0.3) is 0 Å². The number of amides is 2. The third-order valence-corrected chi connectivity index (χ3v) is 7.93. The zero-order chi connectivity index (χ0) is 22.4. The fourth-order valence-corrected chi connectivity index (χ4v) is 6.84. The van der Waals surface area contributed by atoms with Gasteiger partial charge in [0, 0.05) is 10.4 Å². The quantitative estimate of drug-likeness (QED) is 0.543. The Morgan fingerprint density at radius 3 is 2.09 bits per heavy atom. The molecule has 1 saturated heterocycles. The molecule has 32 heavy (non-hydrogen) atoms. The van der Waals surface area contributed by atoms with Crippen LogP contribution in [0.5, 0.6) is 0 Å². The second-order valence-corrected chi connectivity index (χ2v) is 9.59. The standard InChI is InChI=1S/C26H18BrNO4/c1-13-10-11-19(18(27)12-13)28-23(29)21-20-14-6-2-4-8-16(14)26(25(31)32,22(21)24(28)30)17-9-5-3-7-15(17)20/h2-12,20-22H,1H3,(H,31,32)/t20?,21-,22+,26?/m0/s1. The van der Waals surface area contributed by atoms with Gasteiger partial charge >= 0.3 is 5.97 Å². The summed E-state index contributed by atoms with van der Waals surface area (Å²) in [5.41, 5.74) is 2.70. The van der Waals surface area contributed by atoms with E-state index in [4.69, 9.17) is 0 Å². The molecule has 4 aliphatic rings. The number of carbonyl (C=O) groups excluding carboxylic acids is 2. The van der Waals surface area contributed by atoms with Crippen LogP contribution >= 0.6 is 15.9 Å². The summed E-state index contributed by atoms with van der Waals surface area (Å²) in [6.45, 7) is 1.93. The molecule has 5 nitrogen and oxygen atoms in total.